The summed E-state index contributed by atoms with van der Waals surface area (Å²) >= 11 is 0. The highest BCUT2D eigenvalue weighted by molar-refractivity contribution is 5.96. The fraction of sp³-hybridized carbons (Fsp3) is 0.500. The van der Waals surface area contributed by atoms with Gasteiger partial charge in [-0.2, -0.15) is 0 Å². The van der Waals surface area contributed by atoms with E-state index in [0.29, 0.717) is 0 Å². The second kappa shape index (κ2) is 6.42. The van der Waals surface area contributed by atoms with Gasteiger partial charge in [0.1, 0.15) is 0 Å². The predicted octanol–water partition coefficient (Wildman–Crippen LogP) is 3.88. The number of aryl methyl sites for hydroxylation is 1. The van der Waals surface area contributed by atoms with Gasteiger partial charge in [-0.25, -0.2) is 0 Å². The number of carboxylic acid groups (broad SMARTS) is 1. The first-order chi connectivity index (χ1) is 11.4. The van der Waals surface area contributed by atoms with Crippen molar-refractivity contribution in [1.82, 2.24) is 0 Å². The van der Waals surface area contributed by atoms with Crippen molar-refractivity contribution in [3.63, 3.8) is 0 Å². The number of anilines is 1. The Kier molecular flexibility index (Phi) is 4.48. The van der Waals surface area contributed by atoms with Gasteiger partial charge in [-0.1, -0.05) is 30.2 Å². The number of hydrogen-bond donors (Lipinski definition) is 2. The Morgan fingerprint density at radius 3 is 2.17 bits per heavy atom. The first kappa shape index (κ1) is 16.7. The highest BCUT2D eigenvalue weighted by Crippen LogP contribution is 2.57. The molecule has 2 aliphatic rings. The van der Waals surface area contributed by atoms with Crippen LogP contribution in [0.25, 0.3) is 0 Å². The normalized spacial score (nSPS) is 28.0. The van der Waals surface area contributed by atoms with Crippen LogP contribution in [0.5, 0.6) is 0 Å². The maximum Gasteiger partial charge on any atom is 0.307 e. The Morgan fingerprint density at radius 2 is 1.67 bits per heavy atom. The van der Waals surface area contributed by atoms with Gasteiger partial charge in [0.25, 0.3) is 0 Å². The van der Waals surface area contributed by atoms with E-state index in [1.807, 2.05) is 38.1 Å². The van der Waals surface area contributed by atoms with E-state index < -0.39 is 17.8 Å². The Labute approximate surface area is 143 Å². The molecule has 3 rings (SSSR count). The number of hydrogen-bond acceptors (Lipinski definition) is 2. The number of carboxylic acids is 1. The van der Waals surface area contributed by atoms with Crippen molar-refractivity contribution in [2.24, 2.45) is 23.7 Å². The standard InChI is InChI=1S/C20H25NO3/c1-4-12-5-7-13(8-6-12)21-19(22)17-14-9-10-15(16(14)11(2)3)18(17)20(23)24/h5-8,14-15,17-18H,4,9-10H2,1-3H3,(H,21,22)(H,23,24)/t14-,15-,17+,18+/m1/s1. The molecule has 0 heterocycles. The number of carbonyl (C=O) groups is 2. The molecule has 1 amide bonds. The van der Waals surface area contributed by atoms with Crippen molar-refractivity contribution in [3.8, 4) is 0 Å². The first-order valence-corrected chi connectivity index (χ1v) is 8.74. The second-order valence-corrected chi connectivity index (χ2v) is 7.18. The molecular formula is C20H25NO3. The zero-order valence-electron chi connectivity index (χ0n) is 14.5. The lowest BCUT2D eigenvalue weighted by Gasteiger charge is -2.26. The van der Waals surface area contributed by atoms with Crippen LogP contribution in [0, 0.1) is 23.7 Å². The highest BCUT2D eigenvalue weighted by atomic mass is 16.4. The molecule has 0 radical (unpaired) electrons. The molecule has 2 saturated carbocycles. The second-order valence-electron chi connectivity index (χ2n) is 7.18. The molecule has 0 saturated heterocycles. The van der Waals surface area contributed by atoms with Crippen molar-refractivity contribution in [1.29, 1.82) is 0 Å². The summed E-state index contributed by atoms with van der Waals surface area (Å²) in [5.41, 5.74) is 4.34. The molecule has 2 bridgehead atoms. The van der Waals surface area contributed by atoms with Crippen LogP contribution in [0.1, 0.15) is 39.2 Å². The van der Waals surface area contributed by atoms with Crippen LogP contribution in [0.15, 0.2) is 35.4 Å². The van der Waals surface area contributed by atoms with Gasteiger partial charge in [0.15, 0.2) is 0 Å². The minimum atomic E-state index is -0.845. The third kappa shape index (κ3) is 2.74. The molecule has 24 heavy (non-hydrogen) atoms. The number of amides is 1. The summed E-state index contributed by atoms with van der Waals surface area (Å²) in [6.45, 7) is 6.15. The van der Waals surface area contributed by atoms with Crippen LogP contribution in [-0.2, 0) is 16.0 Å². The van der Waals surface area contributed by atoms with E-state index in [1.165, 1.54) is 16.7 Å². The fourth-order valence-electron chi connectivity index (χ4n) is 4.65. The van der Waals surface area contributed by atoms with Gasteiger partial charge in [-0.05, 0) is 62.6 Å². The number of nitrogens with one attached hydrogen (secondary N) is 1. The van der Waals surface area contributed by atoms with Gasteiger partial charge >= 0.3 is 5.97 Å². The summed E-state index contributed by atoms with van der Waals surface area (Å²) in [6, 6.07) is 7.77. The Hall–Kier alpha value is -2.10. The van der Waals surface area contributed by atoms with E-state index in [9.17, 15) is 14.7 Å². The lowest BCUT2D eigenvalue weighted by atomic mass is 9.78. The summed E-state index contributed by atoms with van der Waals surface area (Å²) in [5, 5.41) is 12.6. The van der Waals surface area contributed by atoms with Gasteiger partial charge in [0, 0.05) is 5.69 Å². The molecule has 4 atom stereocenters. The molecular weight excluding hydrogens is 302 g/mol. The molecule has 2 fully saturated rings. The van der Waals surface area contributed by atoms with Gasteiger partial charge in [0.05, 0.1) is 11.8 Å². The number of rotatable bonds is 4. The van der Waals surface area contributed by atoms with Gasteiger partial charge in [-0.15, -0.1) is 0 Å². The minimum absolute atomic E-state index is 0.0238. The number of fused-ring (bicyclic) bond motifs is 2. The monoisotopic (exact) mass is 327 g/mol. The van der Waals surface area contributed by atoms with E-state index in [2.05, 4.69) is 12.2 Å². The first-order valence-electron chi connectivity index (χ1n) is 8.74. The third-order valence-electron chi connectivity index (χ3n) is 5.64. The number of carbonyl (C=O) groups excluding carboxylic acids is 1. The van der Waals surface area contributed by atoms with E-state index in [1.54, 1.807) is 0 Å². The van der Waals surface area contributed by atoms with Gasteiger partial charge < -0.3 is 10.4 Å². The average molecular weight is 327 g/mol. The predicted molar refractivity (Wildman–Crippen MR) is 93.7 cm³/mol. The van der Waals surface area contributed by atoms with Crippen LogP contribution in [-0.4, -0.2) is 17.0 Å². The lowest BCUT2D eigenvalue weighted by Crippen LogP contribution is -2.37. The zero-order chi connectivity index (χ0) is 17.4. The molecule has 2 aliphatic carbocycles. The summed E-state index contributed by atoms with van der Waals surface area (Å²) in [4.78, 5) is 24.7. The molecule has 0 aliphatic heterocycles. The number of allylic oxidation sites excluding steroid dienone is 2. The molecule has 0 unspecified atom stereocenters. The summed E-state index contributed by atoms with van der Waals surface area (Å²) in [7, 11) is 0. The average Bonchev–Trinajstić information content (AvgIpc) is 3.11. The molecule has 1 aromatic rings. The SMILES string of the molecule is CCc1ccc(NC(=O)[C@@H]2[C@@H](C(=O)O)[C@@H]3CC[C@@H]2C3=C(C)C)cc1. The smallest absolute Gasteiger partial charge is 0.307 e. The quantitative estimate of drug-likeness (QED) is 0.825. The molecule has 1 aromatic carbocycles. The minimum Gasteiger partial charge on any atom is -0.481 e. The Bertz CT molecular complexity index is 685. The molecule has 2 N–H and O–H groups in total. The van der Waals surface area contributed by atoms with E-state index in [0.717, 1.165) is 24.9 Å². The summed E-state index contributed by atoms with van der Waals surface area (Å²) < 4.78 is 0. The highest BCUT2D eigenvalue weighted by Gasteiger charge is 2.57. The maximum absolute atomic E-state index is 12.8. The van der Waals surface area contributed by atoms with Crippen LogP contribution in [0.3, 0.4) is 0 Å². The molecule has 4 nitrogen and oxygen atoms in total. The maximum atomic E-state index is 12.8. The largest absolute Gasteiger partial charge is 0.481 e. The van der Waals surface area contributed by atoms with E-state index >= 15 is 0 Å². The van der Waals surface area contributed by atoms with Gasteiger partial charge in [-0.3, -0.25) is 9.59 Å². The third-order valence-corrected chi connectivity index (χ3v) is 5.64. The fourth-order valence-corrected chi connectivity index (χ4v) is 4.65. The van der Waals surface area contributed by atoms with Crippen molar-refractivity contribution in [2.45, 2.75) is 40.0 Å². The topological polar surface area (TPSA) is 66.4 Å². The molecule has 4 heteroatoms. The Morgan fingerprint density at radius 1 is 1.08 bits per heavy atom. The molecule has 0 spiro atoms. The zero-order valence-corrected chi connectivity index (χ0v) is 14.5. The van der Waals surface area contributed by atoms with Crippen molar-refractivity contribution in [3.05, 3.63) is 41.0 Å². The van der Waals surface area contributed by atoms with Crippen LogP contribution in [0.2, 0.25) is 0 Å². The molecule has 0 aromatic heterocycles. The number of aliphatic carboxylic acids is 1. The van der Waals surface area contributed by atoms with E-state index in [4.69, 9.17) is 0 Å². The molecule has 128 valence electrons. The van der Waals surface area contributed by atoms with Crippen LogP contribution < -0.4 is 5.32 Å². The van der Waals surface area contributed by atoms with Crippen molar-refractivity contribution in [2.75, 3.05) is 5.32 Å². The number of benzene rings is 1. The van der Waals surface area contributed by atoms with E-state index in [-0.39, 0.29) is 17.7 Å². The summed E-state index contributed by atoms with van der Waals surface area (Å²) in [5.74, 6) is -1.95. The van der Waals surface area contributed by atoms with Crippen LogP contribution in [0.4, 0.5) is 5.69 Å². The summed E-state index contributed by atoms with van der Waals surface area (Å²) in [6.07, 6.45) is 2.75. The Balaban J connectivity index is 1.85. The van der Waals surface area contributed by atoms with Gasteiger partial charge in [0.2, 0.25) is 5.91 Å². The lowest BCUT2D eigenvalue weighted by molar-refractivity contribution is -0.148. The van der Waals surface area contributed by atoms with Crippen molar-refractivity contribution >= 4 is 17.6 Å². The van der Waals surface area contributed by atoms with Crippen molar-refractivity contribution < 1.29 is 14.7 Å². The van der Waals surface area contributed by atoms with Crippen LogP contribution >= 0.6 is 0 Å².